The zero-order valence-electron chi connectivity index (χ0n) is 30.6. The number of nitrogens with zero attached hydrogens (tertiary/aromatic N) is 3. The Balaban J connectivity index is 1.10. The van der Waals surface area contributed by atoms with E-state index in [1.807, 2.05) is 18.2 Å². The molecule has 0 bridgehead atoms. The van der Waals surface area contributed by atoms with Gasteiger partial charge in [-0.1, -0.05) is 25.3 Å². The molecule has 1 aromatic heterocycles. The normalized spacial score (nSPS) is 31.2. The Bertz CT molecular complexity index is 2110. The fourth-order valence-corrected chi connectivity index (χ4v) is 11.8. The zero-order valence-corrected chi connectivity index (χ0v) is 31.4. The first-order valence-electron chi connectivity index (χ1n) is 19.5. The van der Waals surface area contributed by atoms with Gasteiger partial charge < -0.3 is 18.9 Å². The van der Waals surface area contributed by atoms with Crippen molar-refractivity contribution in [2.75, 3.05) is 46.5 Å². The van der Waals surface area contributed by atoms with Crippen LogP contribution in [-0.2, 0) is 26.1 Å². The maximum absolute atomic E-state index is 15.3. The molecule has 11 heteroatoms. The van der Waals surface area contributed by atoms with Gasteiger partial charge >= 0.3 is 0 Å². The lowest BCUT2D eigenvalue weighted by molar-refractivity contribution is -0.138. The van der Waals surface area contributed by atoms with Crippen LogP contribution in [-0.4, -0.2) is 92.4 Å². The van der Waals surface area contributed by atoms with Gasteiger partial charge in [-0.3, -0.25) is 14.5 Å². The molecule has 7 aliphatic rings. The molecule has 4 atom stereocenters. The highest BCUT2D eigenvalue weighted by Gasteiger charge is 2.71. The Morgan fingerprint density at radius 3 is 2.33 bits per heavy atom. The SMILES string of the molecule is COc1ccc2c(c1)[C@@H]1C[C@]1(C(=O)N1CC34COCC3(C1)CN(C1CC1)C4)Cn1c-2c(C2CCCCC2)c2ccc(C(=O)NS(=O)(=O)C(C)C)cc21. The maximum atomic E-state index is 15.3. The molecule has 52 heavy (non-hydrogen) atoms. The van der Waals surface area contributed by atoms with E-state index in [-0.39, 0.29) is 22.7 Å². The zero-order chi connectivity index (χ0) is 35.8. The highest BCUT2D eigenvalue weighted by atomic mass is 32.2. The predicted octanol–water partition coefficient (Wildman–Crippen LogP) is 5.64. The van der Waals surface area contributed by atoms with Gasteiger partial charge in [-0.2, -0.15) is 0 Å². The van der Waals surface area contributed by atoms with E-state index in [4.69, 9.17) is 9.47 Å². The van der Waals surface area contributed by atoms with Crippen LogP contribution in [0.4, 0.5) is 0 Å². The molecule has 5 heterocycles. The summed E-state index contributed by atoms with van der Waals surface area (Å²) in [6.45, 7) is 8.63. The topological polar surface area (TPSA) is 110 Å². The molecule has 2 amide bonds. The Hall–Kier alpha value is -3.41. The van der Waals surface area contributed by atoms with E-state index < -0.39 is 26.6 Å². The second-order valence-corrected chi connectivity index (χ2v) is 19.9. The number of amides is 2. The number of rotatable bonds is 7. The molecule has 10 rings (SSSR count). The van der Waals surface area contributed by atoms with Crippen molar-refractivity contribution in [1.82, 2.24) is 19.1 Å². The highest BCUT2D eigenvalue weighted by Crippen LogP contribution is 2.67. The monoisotopic (exact) mass is 726 g/mol. The van der Waals surface area contributed by atoms with Crippen molar-refractivity contribution in [2.45, 2.75) is 94.9 Å². The van der Waals surface area contributed by atoms with E-state index in [2.05, 4.69) is 31.2 Å². The number of carbonyl (C=O) groups is 2. The smallest absolute Gasteiger partial charge is 0.264 e. The predicted molar refractivity (Wildman–Crippen MR) is 198 cm³/mol. The quantitative estimate of drug-likeness (QED) is 0.336. The summed E-state index contributed by atoms with van der Waals surface area (Å²) in [5, 5.41) is 0.356. The van der Waals surface area contributed by atoms with Crippen LogP contribution in [0.1, 0.15) is 98.5 Å². The number of likely N-dealkylation sites (tertiary alicyclic amines) is 2. The van der Waals surface area contributed by atoms with Crippen molar-refractivity contribution in [2.24, 2.45) is 16.2 Å². The molecule has 6 fully saturated rings. The van der Waals surface area contributed by atoms with Crippen molar-refractivity contribution in [3.05, 3.63) is 53.1 Å². The van der Waals surface area contributed by atoms with E-state index >= 15 is 4.79 Å². The van der Waals surface area contributed by atoms with Gasteiger partial charge in [0, 0.05) is 77.5 Å². The molecule has 1 N–H and O–H groups in total. The summed E-state index contributed by atoms with van der Waals surface area (Å²) >= 11 is 0. The molecular weight excluding hydrogens is 677 g/mol. The summed E-state index contributed by atoms with van der Waals surface area (Å²) in [5.41, 5.74) is 5.32. The number of carbonyl (C=O) groups excluding carboxylic acids is 2. The summed E-state index contributed by atoms with van der Waals surface area (Å²) in [4.78, 5) is 33.7. The summed E-state index contributed by atoms with van der Waals surface area (Å²) < 4.78 is 42.1. The molecule has 3 aromatic rings. The van der Waals surface area contributed by atoms with Crippen LogP contribution in [0, 0.1) is 16.2 Å². The van der Waals surface area contributed by atoms with Crippen molar-refractivity contribution in [3.8, 4) is 17.0 Å². The fraction of sp³-hybridized carbons (Fsp3) is 0.610. The van der Waals surface area contributed by atoms with Crippen molar-refractivity contribution >= 4 is 32.7 Å². The average Bonchev–Trinajstić information content (AvgIpc) is 3.99. The number of hydrogen-bond donors (Lipinski definition) is 1. The van der Waals surface area contributed by atoms with E-state index in [1.54, 1.807) is 27.0 Å². The number of aromatic nitrogens is 1. The summed E-state index contributed by atoms with van der Waals surface area (Å²) in [6.07, 6.45) is 9.10. The molecule has 3 aliphatic carbocycles. The molecule has 3 saturated heterocycles. The number of benzene rings is 2. The van der Waals surface area contributed by atoms with Crippen molar-refractivity contribution < 1.29 is 27.5 Å². The Morgan fingerprint density at radius 2 is 1.65 bits per heavy atom. The van der Waals surface area contributed by atoms with Crippen LogP contribution >= 0.6 is 0 Å². The second-order valence-electron chi connectivity index (χ2n) is 17.7. The third-order valence-corrected chi connectivity index (χ3v) is 16.0. The lowest BCUT2D eigenvalue weighted by Gasteiger charge is -2.30. The van der Waals surface area contributed by atoms with E-state index in [0.29, 0.717) is 24.1 Å². The molecule has 10 nitrogen and oxygen atoms in total. The van der Waals surface area contributed by atoms with Gasteiger partial charge in [-0.05, 0) is 93.3 Å². The van der Waals surface area contributed by atoms with E-state index in [0.717, 1.165) is 86.6 Å². The largest absolute Gasteiger partial charge is 0.497 e. The van der Waals surface area contributed by atoms with Gasteiger partial charge in [0.1, 0.15) is 5.75 Å². The van der Waals surface area contributed by atoms with Crippen molar-refractivity contribution in [3.63, 3.8) is 0 Å². The first-order valence-corrected chi connectivity index (χ1v) is 21.0. The van der Waals surface area contributed by atoms with Crippen LogP contribution in [0.15, 0.2) is 36.4 Å². The summed E-state index contributed by atoms with van der Waals surface area (Å²) in [6, 6.07) is 12.7. The highest BCUT2D eigenvalue weighted by molar-refractivity contribution is 7.90. The van der Waals surface area contributed by atoms with Gasteiger partial charge in [-0.25, -0.2) is 13.1 Å². The molecular formula is C41H50N4O6S. The number of ether oxygens (including phenoxy) is 2. The third-order valence-electron chi connectivity index (χ3n) is 14.3. The minimum Gasteiger partial charge on any atom is -0.497 e. The Morgan fingerprint density at radius 1 is 0.923 bits per heavy atom. The first-order chi connectivity index (χ1) is 25.0. The van der Waals surface area contributed by atoms with Gasteiger partial charge in [-0.15, -0.1) is 0 Å². The number of hydrogen-bond acceptors (Lipinski definition) is 7. The first kappa shape index (κ1) is 33.2. The van der Waals surface area contributed by atoms with Crippen molar-refractivity contribution in [1.29, 1.82) is 0 Å². The molecule has 3 saturated carbocycles. The molecule has 4 aliphatic heterocycles. The van der Waals surface area contributed by atoms with Crippen LogP contribution in [0.3, 0.4) is 0 Å². The Kier molecular flexibility index (Phi) is 7.21. The van der Waals surface area contributed by atoms with Gasteiger partial charge in [0.2, 0.25) is 15.9 Å². The molecule has 2 aromatic carbocycles. The maximum Gasteiger partial charge on any atom is 0.264 e. The molecule has 2 unspecified atom stereocenters. The van der Waals surface area contributed by atoms with Crippen LogP contribution in [0.25, 0.3) is 22.2 Å². The van der Waals surface area contributed by atoms with Crippen LogP contribution in [0.2, 0.25) is 0 Å². The van der Waals surface area contributed by atoms with Gasteiger partial charge in [0.15, 0.2) is 0 Å². The van der Waals surface area contributed by atoms with Gasteiger partial charge in [0.25, 0.3) is 5.91 Å². The van der Waals surface area contributed by atoms with Gasteiger partial charge in [0.05, 0.1) is 36.7 Å². The van der Waals surface area contributed by atoms with Crippen LogP contribution < -0.4 is 9.46 Å². The number of fused-ring (bicyclic) bond motifs is 7. The second kappa shape index (κ2) is 11.3. The lowest BCUT2D eigenvalue weighted by atomic mass is 9.71. The van der Waals surface area contributed by atoms with E-state index in [9.17, 15) is 13.2 Å². The van der Waals surface area contributed by atoms with Crippen LogP contribution in [0.5, 0.6) is 5.75 Å². The number of methoxy groups -OCH3 is 1. The minimum atomic E-state index is -3.81. The molecule has 0 radical (unpaired) electrons. The average molecular weight is 727 g/mol. The third kappa shape index (κ3) is 4.70. The number of nitrogens with one attached hydrogen (secondary N) is 1. The minimum absolute atomic E-state index is 0.00379. The fourth-order valence-electron chi connectivity index (χ4n) is 11.2. The molecule has 0 spiro atoms. The lowest BCUT2D eigenvalue weighted by Crippen LogP contribution is -2.43. The Labute approximate surface area is 306 Å². The molecule has 276 valence electrons. The summed E-state index contributed by atoms with van der Waals surface area (Å²) in [5.74, 6) is 0.813. The summed E-state index contributed by atoms with van der Waals surface area (Å²) in [7, 11) is -2.11. The van der Waals surface area contributed by atoms with E-state index in [1.165, 1.54) is 43.2 Å². The number of sulfonamides is 1. The standard InChI is InChI=1S/C41H50N4O6S/c1-25(2)52(48,49)42-37(46)27-9-13-31-34(15-27)45-22-41(38(47)44-20-39-18-43(28-10-11-28)19-40(39,21-44)24-51-23-39)17-33(41)32-16-29(50-3)12-14-30(32)36(45)35(31)26-7-5-4-6-8-26/h9,12-16,25-26,28,33H,4-8,10-11,17-24H2,1-3H3,(H,42,46)/t33-,39?,40?,41-/m0/s1.